The zero-order chi connectivity index (χ0) is 19.7. The third kappa shape index (κ3) is 3.49. The van der Waals surface area contributed by atoms with Gasteiger partial charge in [-0.25, -0.2) is 4.79 Å². The first-order valence-electron chi connectivity index (χ1n) is 8.75. The van der Waals surface area contributed by atoms with E-state index in [2.05, 4.69) is 0 Å². The molecular weight excluding hydrogens is 395 g/mol. The molecule has 0 radical (unpaired) electrons. The minimum absolute atomic E-state index is 0.0703. The Balaban J connectivity index is 1.75. The van der Waals surface area contributed by atoms with Crippen molar-refractivity contribution < 1.29 is 4.79 Å². The van der Waals surface area contributed by atoms with Crippen molar-refractivity contribution in [2.45, 2.75) is 13.1 Å². The van der Waals surface area contributed by atoms with Crippen LogP contribution in [0.4, 0.5) is 0 Å². The summed E-state index contributed by atoms with van der Waals surface area (Å²) in [4.78, 5) is 25.9. The first kappa shape index (κ1) is 18.5. The number of Topliss-reactive ketones (excluding diaryl/α,β-unsaturated/α-hetero) is 1. The minimum Gasteiger partial charge on any atom is -0.292 e. The highest BCUT2D eigenvalue weighted by Crippen LogP contribution is 2.23. The molecule has 4 rings (SSSR count). The number of para-hydroxylation sites is 2. The Morgan fingerprint density at radius 3 is 2.11 bits per heavy atom. The summed E-state index contributed by atoms with van der Waals surface area (Å²) in [5.74, 6) is -0.205. The zero-order valence-corrected chi connectivity index (χ0v) is 16.3. The van der Waals surface area contributed by atoms with E-state index in [9.17, 15) is 9.59 Å². The van der Waals surface area contributed by atoms with Crippen molar-refractivity contribution in [3.8, 4) is 0 Å². The molecule has 0 amide bonds. The Bertz CT molecular complexity index is 1230. The van der Waals surface area contributed by atoms with Gasteiger partial charge in [0.15, 0.2) is 5.78 Å². The topological polar surface area (TPSA) is 44.0 Å². The molecule has 0 unspecified atom stereocenters. The Labute approximate surface area is 171 Å². The maximum absolute atomic E-state index is 13.1. The summed E-state index contributed by atoms with van der Waals surface area (Å²) in [5.41, 5.74) is 2.72. The van der Waals surface area contributed by atoms with Gasteiger partial charge in [-0.3, -0.25) is 13.9 Å². The Kier molecular flexibility index (Phi) is 5.07. The molecule has 4 aromatic rings. The minimum atomic E-state index is -0.224. The number of benzene rings is 3. The standard InChI is InChI=1S/C22H16Cl2N2O2/c23-17-11-10-16(12-18(17)24)21(27)14-26-20-9-5-4-8-19(20)25(22(26)28)13-15-6-2-1-3-7-15/h1-12H,13-14H2. The number of imidazole rings is 1. The van der Waals surface area contributed by atoms with Crippen LogP contribution in [0.5, 0.6) is 0 Å². The van der Waals surface area contributed by atoms with Crippen LogP contribution < -0.4 is 5.69 Å². The predicted molar refractivity (Wildman–Crippen MR) is 113 cm³/mol. The zero-order valence-electron chi connectivity index (χ0n) is 14.8. The smallest absolute Gasteiger partial charge is 0.292 e. The van der Waals surface area contributed by atoms with Crippen molar-refractivity contribution in [2.75, 3.05) is 0 Å². The average Bonchev–Trinajstić information content (AvgIpc) is 2.97. The van der Waals surface area contributed by atoms with Crippen LogP contribution in [0.25, 0.3) is 11.0 Å². The van der Waals surface area contributed by atoms with Gasteiger partial charge in [-0.1, -0.05) is 65.7 Å². The van der Waals surface area contributed by atoms with E-state index in [1.807, 2.05) is 54.6 Å². The van der Waals surface area contributed by atoms with Crippen LogP contribution in [0.2, 0.25) is 10.0 Å². The van der Waals surface area contributed by atoms with E-state index in [1.54, 1.807) is 16.7 Å². The predicted octanol–water partition coefficient (Wildman–Crippen LogP) is 5.04. The third-order valence-corrected chi connectivity index (χ3v) is 5.39. The van der Waals surface area contributed by atoms with Gasteiger partial charge >= 0.3 is 5.69 Å². The normalized spacial score (nSPS) is 11.1. The summed E-state index contributed by atoms with van der Waals surface area (Å²) in [6, 6.07) is 22.0. The molecule has 140 valence electrons. The number of hydrogen-bond donors (Lipinski definition) is 0. The van der Waals surface area contributed by atoms with Crippen LogP contribution in [-0.2, 0) is 13.1 Å². The lowest BCUT2D eigenvalue weighted by Gasteiger charge is -2.05. The largest absolute Gasteiger partial charge is 0.329 e. The van der Waals surface area contributed by atoms with E-state index in [4.69, 9.17) is 23.2 Å². The summed E-state index contributed by atoms with van der Waals surface area (Å²) >= 11 is 12.0. The van der Waals surface area contributed by atoms with Crippen LogP contribution in [0.15, 0.2) is 77.6 Å². The SMILES string of the molecule is O=C(Cn1c(=O)n(Cc2ccccc2)c2ccccc21)c1ccc(Cl)c(Cl)c1. The molecule has 0 aliphatic heterocycles. The van der Waals surface area contributed by atoms with Gasteiger partial charge in [-0.15, -0.1) is 0 Å². The lowest BCUT2D eigenvalue weighted by molar-refractivity contribution is 0.0972. The van der Waals surface area contributed by atoms with Crippen molar-refractivity contribution in [1.82, 2.24) is 9.13 Å². The second kappa shape index (κ2) is 7.66. The fraction of sp³-hybridized carbons (Fsp3) is 0.0909. The maximum Gasteiger partial charge on any atom is 0.329 e. The van der Waals surface area contributed by atoms with E-state index in [0.29, 0.717) is 22.2 Å². The molecular formula is C22H16Cl2N2O2. The van der Waals surface area contributed by atoms with Crippen LogP contribution >= 0.6 is 23.2 Å². The molecule has 4 nitrogen and oxygen atoms in total. The number of rotatable bonds is 5. The fourth-order valence-corrected chi connectivity index (χ4v) is 3.55. The highest BCUT2D eigenvalue weighted by molar-refractivity contribution is 6.42. The molecule has 0 saturated carbocycles. The van der Waals surface area contributed by atoms with Gasteiger partial charge in [0.05, 0.1) is 34.2 Å². The number of fused-ring (bicyclic) bond motifs is 1. The third-order valence-electron chi connectivity index (χ3n) is 4.65. The van der Waals surface area contributed by atoms with Gasteiger partial charge in [-0.2, -0.15) is 0 Å². The number of carbonyl (C=O) groups is 1. The van der Waals surface area contributed by atoms with Gasteiger partial charge < -0.3 is 0 Å². The van der Waals surface area contributed by atoms with Gasteiger partial charge in [0, 0.05) is 5.56 Å². The molecule has 0 bridgehead atoms. The van der Waals surface area contributed by atoms with Crippen LogP contribution in [0.1, 0.15) is 15.9 Å². The maximum atomic E-state index is 13.1. The van der Waals surface area contributed by atoms with Crippen molar-refractivity contribution in [2.24, 2.45) is 0 Å². The van der Waals surface area contributed by atoms with E-state index >= 15 is 0 Å². The Morgan fingerprint density at radius 1 is 0.786 bits per heavy atom. The highest BCUT2D eigenvalue weighted by atomic mass is 35.5. The summed E-state index contributed by atoms with van der Waals surface area (Å²) in [7, 11) is 0. The van der Waals surface area contributed by atoms with E-state index in [0.717, 1.165) is 16.6 Å². The number of halogens is 2. The lowest BCUT2D eigenvalue weighted by atomic mass is 10.1. The summed E-state index contributed by atoms with van der Waals surface area (Å²) in [6.07, 6.45) is 0. The van der Waals surface area contributed by atoms with Gasteiger partial charge in [-0.05, 0) is 35.9 Å². The summed E-state index contributed by atoms with van der Waals surface area (Å²) in [6.45, 7) is 0.368. The molecule has 0 aliphatic carbocycles. The van der Waals surface area contributed by atoms with Gasteiger partial charge in [0.25, 0.3) is 0 Å². The lowest BCUT2D eigenvalue weighted by Crippen LogP contribution is -2.27. The number of carbonyl (C=O) groups excluding carboxylic acids is 1. The fourth-order valence-electron chi connectivity index (χ4n) is 3.25. The number of nitrogens with zero attached hydrogens (tertiary/aromatic N) is 2. The van der Waals surface area contributed by atoms with Crippen LogP contribution in [-0.4, -0.2) is 14.9 Å². The summed E-state index contributed by atoms with van der Waals surface area (Å²) < 4.78 is 3.19. The summed E-state index contributed by atoms with van der Waals surface area (Å²) in [5, 5.41) is 0.696. The van der Waals surface area contributed by atoms with E-state index in [-0.39, 0.29) is 18.0 Å². The monoisotopic (exact) mass is 410 g/mol. The number of hydrogen-bond acceptors (Lipinski definition) is 2. The number of aromatic nitrogens is 2. The second-order valence-electron chi connectivity index (χ2n) is 6.48. The Morgan fingerprint density at radius 2 is 1.43 bits per heavy atom. The quantitative estimate of drug-likeness (QED) is 0.432. The molecule has 1 heterocycles. The van der Waals surface area contributed by atoms with Crippen molar-refractivity contribution >= 4 is 40.0 Å². The molecule has 6 heteroatoms. The molecule has 28 heavy (non-hydrogen) atoms. The molecule has 3 aromatic carbocycles. The molecule has 0 atom stereocenters. The average molecular weight is 411 g/mol. The first-order valence-corrected chi connectivity index (χ1v) is 9.50. The molecule has 0 fully saturated rings. The van der Waals surface area contributed by atoms with Crippen LogP contribution in [0.3, 0.4) is 0 Å². The molecule has 0 aliphatic rings. The second-order valence-corrected chi connectivity index (χ2v) is 7.30. The molecule has 0 spiro atoms. The highest BCUT2D eigenvalue weighted by Gasteiger charge is 2.17. The van der Waals surface area contributed by atoms with Gasteiger partial charge in [0.2, 0.25) is 0 Å². The molecule has 0 N–H and O–H groups in total. The van der Waals surface area contributed by atoms with Crippen molar-refractivity contribution in [3.05, 3.63) is 104 Å². The van der Waals surface area contributed by atoms with Gasteiger partial charge in [0.1, 0.15) is 0 Å². The van der Waals surface area contributed by atoms with E-state index in [1.165, 1.54) is 10.6 Å². The van der Waals surface area contributed by atoms with E-state index < -0.39 is 0 Å². The number of ketones is 1. The molecule has 0 saturated heterocycles. The van der Waals surface area contributed by atoms with Crippen LogP contribution in [0, 0.1) is 0 Å². The van der Waals surface area contributed by atoms with Crippen molar-refractivity contribution in [3.63, 3.8) is 0 Å². The Hall–Kier alpha value is -2.82. The molecule has 1 aromatic heterocycles. The van der Waals surface area contributed by atoms with Crippen molar-refractivity contribution in [1.29, 1.82) is 0 Å². The first-order chi connectivity index (χ1) is 13.5.